The molecule has 28 heavy (non-hydrogen) atoms. The average molecular weight is 387 g/mol. The molecular formula is C27H30S. The van der Waals surface area contributed by atoms with Crippen LogP contribution in [0.5, 0.6) is 0 Å². The van der Waals surface area contributed by atoms with Gasteiger partial charge in [0.15, 0.2) is 0 Å². The quantitative estimate of drug-likeness (QED) is 0.407. The van der Waals surface area contributed by atoms with E-state index >= 15 is 0 Å². The average Bonchev–Trinajstić information content (AvgIpc) is 2.62. The van der Waals surface area contributed by atoms with Crippen LogP contribution in [0.4, 0.5) is 0 Å². The Kier molecular flexibility index (Phi) is 4.50. The molecule has 1 aliphatic heterocycles. The van der Waals surface area contributed by atoms with Gasteiger partial charge in [0, 0.05) is 15.2 Å². The lowest BCUT2D eigenvalue weighted by atomic mass is 9.73. The highest BCUT2D eigenvalue weighted by Gasteiger charge is 2.36. The van der Waals surface area contributed by atoms with Crippen LogP contribution < -0.4 is 0 Å². The summed E-state index contributed by atoms with van der Waals surface area (Å²) in [6.45, 7) is 16.2. The molecule has 1 heterocycles. The molecule has 0 amide bonds. The van der Waals surface area contributed by atoms with E-state index in [0.717, 1.165) is 0 Å². The molecule has 0 radical (unpaired) electrons. The Hall–Kier alpha value is -1.99. The van der Waals surface area contributed by atoms with Crippen molar-refractivity contribution < 1.29 is 0 Å². The number of benzene rings is 3. The first-order valence-corrected chi connectivity index (χ1v) is 10.9. The molecular weight excluding hydrogens is 356 g/mol. The number of hydrogen-bond donors (Lipinski definition) is 0. The summed E-state index contributed by atoms with van der Waals surface area (Å²) < 4.78 is 0. The summed E-state index contributed by atoms with van der Waals surface area (Å²) in [5.41, 5.74) is 9.84. The summed E-state index contributed by atoms with van der Waals surface area (Å²) in [6.07, 6.45) is 0. The van der Waals surface area contributed by atoms with Crippen molar-refractivity contribution in [2.45, 2.75) is 69.1 Å². The number of hydrogen-bond acceptors (Lipinski definition) is 1. The monoisotopic (exact) mass is 386 g/mol. The zero-order chi connectivity index (χ0) is 20.3. The minimum Gasteiger partial charge on any atom is -0.0885 e. The fourth-order valence-corrected chi connectivity index (χ4v) is 5.83. The molecule has 0 aromatic heterocycles. The van der Waals surface area contributed by atoms with Gasteiger partial charge in [-0.15, -0.1) is 0 Å². The third kappa shape index (κ3) is 3.10. The van der Waals surface area contributed by atoms with Gasteiger partial charge in [-0.25, -0.2) is 0 Å². The topological polar surface area (TPSA) is 0 Å². The van der Waals surface area contributed by atoms with Gasteiger partial charge in [0.05, 0.1) is 0 Å². The summed E-state index contributed by atoms with van der Waals surface area (Å²) in [6, 6.07) is 20.5. The van der Waals surface area contributed by atoms with E-state index in [1.165, 1.54) is 48.7 Å². The van der Waals surface area contributed by atoms with Gasteiger partial charge in [0.2, 0.25) is 0 Å². The molecule has 4 rings (SSSR count). The SMILES string of the molecule is Cc1cc(C)c2c(c1)C(C)(C)c1cc(C(C)(C)C)cc(-c3ccccc3)c1S2. The van der Waals surface area contributed by atoms with Crippen molar-refractivity contribution in [3.63, 3.8) is 0 Å². The summed E-state index contributed by atoms with van der Waals surface area (Å²) in [4.78, 5) is 2.85. The van der Waals surface area contributed by atoms with E-state index in [0.29, 0.717) is 0 Å². The van der Waals surface area contributed by atoms with Crippen LogP contribution in [0.2, 0.25) is 0 Å². The summed E-state index contributed by atoms with van der Waals surface area (Å²) >= 11 is 1.96. The van der Waals surface area contributed by atoms with Gasteiger partial charge in [0.1, 0.15) is 0 Å². The lowest BCUT2D eigenvalue weighted by Crippen LogP contribution is -2.26. The maximum atomic E-state index is 2.47. The molecule has 0 bridgehead atoms. The normalized spacial score (nSPS) is 15.1. The van der Waals surface area contributed by atoms with Gasteiger partial charge in [-0.1, -0.05) is 100 Å². The molecule has 0 nitrogen and oxygen atoms in total. The minimum absolute atomic E-state index is 0.0164. The molecule has 0 saturated carbocycles. The largest absolute Gasteiger partial charge is 0.0885 e. The molecule has 0 saturated heterocycles. The fraction of sp³-hybridized carbons (Fsp3) is 0.333. The van der Waals surface area contributed by atoms with Crippen LogP contribution in [0, 0.1) is 13.8 Å². The van der Waals surface area contributed by atoms with E-state index in [4.69, 9.17) is 0 Å². The lowest BCUT2D eigenvalue weighted by Gasteiger charge is -2.38. The van der Waals surface area contributed by atoms with Crippen molar-refractivity contribution in [2.75, 3.05) is 0 Å². The fourth-order valence-electron chi connectivity index (χ4n) is 4.27. The zero-order valence-corrected chi connectivity index (χ0v) is 18.9. The van der Waals surface area contributed by atoms with Crippen molar-refractivity contribution in [2.24, 2.45) is 0 Å². The molecule has 3 aromatic carbocycles. The first-order valence-electron chi connectivity index (χ1n) is 10.1. The maximum Gasteiger partial charge on any atom is 0.0242 e. The summed E-state index contributed by atoms with van der Waals surface area (Å²) in [5, 5.41) is 0. The number of aryl methyl sites for hydroxylation is 2. The van der Waals surface area contributed by atoms with Crippen molar-refractivity contribution in [3.05, 3.63) is 82.4 Å². The lowest BCUT2D eigenvalue weighted by molar-refractivity contribution is 0.572. The van der Waals surface area contributed by atoms with Gasteiger partial charge in [-0.2, -0.15) is 0 Å². The predicted molar refractivity (Wildman–Crippen MR) is 123 cm³/mol. The second-order valence-electron chi connectivity index (χ2n) is 9.70. The molecule has 0 spiro atoms. The number of fused-ring (bicyclic) bond motifs is 2. The van der Waals surface area contributed by atoms with Crippen molar-refractivity contribution in [1.82, 2.24) is 0 Å². The molecule has 1 heteroatoms. The van der Waals surface area contributed by atoms with E-state index in [2.05, 4.69) is 103 Å². The van der Waals surface area contributed by atoms with Crippen LogP contribution in [0.15, 0.2) is 64.4 Å². The second-order valence-corrected chi connectivity index (χ2v) is 10.7. The second kappa shape index (κ2) is 6.52. The smallest absolute Gasteiger partial charge is 0.0242 e. The molecule has 0 fully saturated rings. The van der Waals surface area contributed by atoms with E-state index in [-0.39, 0.29) is 10.8 Å². The number of rotatable bonds is 1. The van der Waals surface area contributed by atoms with Gasteiger partial charge in [-0.05, 0) is 58.7 Å². The minimum atomic E-state index is -0.0164. The van der Waals surface area contributed by atoms with E-state index in [1.54, 1.807) is 0 Å². The highest BCUT2D eigenvalue weighted by molar-refractivity contribution is 7.99. The van der Waals surface area contributed by atoms with Crippen molar-refractivity contribution in [3.8, 4) is 11.1 Å². The van der Waals surface area contributed by atoms with Gasteiger partial charge < -0.3 is 0 Å². The zero-order valence-electron chi connectivity index (χ0n) is 18.1. The van der Waals surface area contributed by atoms with E-state index in [9.17, 15) is 0 Å². The Morgan fingerprint density at radius 1 is 0.786 bits per heavy atom. The van der Waals surface area contributed by atoms with Crippen molar-refractivity contribution in [1.29, 1.82) is 0 Å². The summed E-state index contributed by atoms with van der Waals surface area (Å²) in [5.74, 6) is 0. The van der Waals surface area contributed by atoms with Crippen LogP contribution >= 0.6 is 11.8 Å². The third-order valence-corrected chi connectivity index (χ3v) is 7.40. The molecule has 0 N–H and O–H groups in total. The maximum absolute atomic E-state index is 2.47. The third-order valence-electron chi connectivity index (χ3n) is 6.01. The first-order chi connectivity index (χ1) is 13.1. The van der Waals surface area contributed by atoms with Crippen LogP contribution in [0.3, 0.4) is 0 Å². The molecule has 0 unspecified atom stereocenters. The summed E-state index contributed by atoms with van der Waals surface area (Å²) in [7, 11) is 0. The van der Waals surface area contributed by atoms with Crippen LogP contribution in [-0.4, -0.2) is 0 Å². The standard InChI is InChI=1S/C27H30S/c1-17-13-18(2)24-22(14-17)27(6,7)23-16-20(26(3,4)5)15-21(25(23)28-24)19-11-9-8-10-12-19/h8-16H,1-7H3. The van der Waals surface area contributed by atoms with E-state index < -0.39 is 0 Å². The van der Waals surface area contributed by atoms with Crippen LogP contribution in [0.25, 0.3) is 11.1 Å². The first kappa shape index (κ1) is 19.3. The van der Waals surface area contributed by atoms with E-state index in [1.807, 2.05) is 11.8 Å². The van der Waals surface area contributed by atoms with Gasteiger partial charge in [0.25, 0.3) is 0 Å². The molecule has 0 aliphatic carbocycles. The Morgan fingerprint density at radius 2 is 1.43 bits per heavy atom. The Morgan fingerprint density at radius 3 is 2.07 bits per heavy atom. The van der Waals surface area contributed by atoms with Crippen LogP contribution in [0.1, 0.15) is 62.4 Å². The van der Waals surface area contributed by atoms with Gasteiger partial charge in [-0.3, -0.25) is 0 Å². The van der Waals surface area contributed by atoms with Gasteiger partial charge >= 0.3 is 0 Å². The Bertz CT molecular complexity index is 1050. The Balaban J connectivity index is 2.06. The highest BCUT2D eigenvalue weighted by atomic mass is 32.2. The molecule has 1 aliphatic rings. The van der Waals surface area contributed by atoms with Crippen molar-refractivity contribution >= 4 is 11.8 Å². The molecule has 144 valence electrons. The highest BCUT2D eigenvalue weighted by Crippen LogP contribution is 2.54. The Labute approximate surface area is 174 Å². The predicted octanol–water partition coefficient (Wildman–Crippen LogP) is 8.06. The molecule has 3 aromatic rings. The molecule has 0 atom stereocenters. The van der Waals surface area contributed by atoms with Crippen LogP contribution in [-0.2, 0) is 10.8 Å².